The van der Waals surface area contributed by atoms with E-state index in [1.807, 2.05) is 19.2 Å². The monoisotopic (exact) mass is 385 g/mol. The fourth-order valence-electron chi connectivity index (χ4n) is 4.44. The van der Waals surface area contributed by atoms with Gasteiger partial charge in [-0.25, -0.2) is 9.97 Å². The van der Waals surface area contributed by atoms with Crippen molar-refractivity contribution >= 4 is 23.6 Å². The summed E-state index contributed by atoms with van der Waals surface area (Å²) in [6.45, 7) is 1.03. The molecule has 1 atom stereocenters. The number of hydrogen-bond acceptors (Lipinski definition) is 4. The molecule has 0 spiro atoms. The highest BCUT2D eigenvalue weighted by Gasteiger charge is 2.28. The molecule has 1 aliphatic heterocycles. The number of fused-ring (bicyclic) bond motifs is 4. The van der Waals surface area contributed by atoms with Crippen LogP contribution >= 0.6 is 12.4 Å². The molecule has 0 radical (unpaired) electrons. The molecule has 0 fully saturated rings. The number of aromatic nitrogens is 3. The molecule has 6 heteroatoms. The van der Waals surface area contributed by atoms with E-state index in [4.69, 9.17) is 19.4 Å². The van der Waals surface area contributed by atoms with Gasteiger partial charge in [0.05, 0.1) is 18.7 Å². The highest BCUT2D eigenvalue weighted by molar-refractivity contribution is 5.93. The molecule has 1 aliphatic carbocycles. The highest BCUT2D eigenvalue weighted by Crippen LogP contribution is 2.39. The Labute approximate surface area is 165 Å². The Kier molecular flexibility index (Phi) is 4.82. The zero-order valence-corrected chi connectivity index (χ0v) is 16.5. The van der Waals surface area contributed by atoms with Gasteiger partial charge in [-0.15, -0.1) is 12.4 Å². The van der Waals surface area contributed by atoms with Gasteiger partial charge < -0.3 is 14.0 Å². The predicted octanol–water partition coefficient (Wildman–Crippen LogP) is 3.98. The van der Waals surface area contributed by atoms with Gasteiger partial charge in [-0.1, -0.05) is 12.1 Å². The summed E-state index contributed by atoms with van der Waals surface area (Å²) in [6.07, 6.45) is 5.37. The van der Waals surface area contributed by atoms with Crippen LogP contribution in [0.25, 0.3) is 22.3 Å². The van der Waals surface area contributed by atoms with Crippen LogP contribution in [0.2, 0.25) is 0 Å². The first kappa shape index (κ1) is 18.3. The molecule has 2 aliphatic rings. The molecule has 1 aromatic carbocycles. The largest absolute Gasteiger partial charge is 0.497 e. The van der Waals surface area contributed by atoms with Gasteiger partial charge in [-0.05, 0) is 42.5 Å². The molecule has 1 unspecified atom stereocenters. The summed E-state index contributed by atoms with van der Waals surface area (Å²) < 4.78 is 13.4. The molecule has 0 amide bonds. The Morgan fingerprint density at radius 3 is 2.63 bits per heavy atom. The predicted molar refractivity (Wildman–Crippen MR) is 108 cm³/mol. The minimum absolute atomic E-state index is 0. The summed E-state index contributed by atoms with van der Waals surface area (Å²) >= 11 is 0. The third-order valence-electron chi connectivity index (χ3n) is 5.79. The van der Waals surface area contributed by atoms with Crippen molar-refractivity contribution in [2.24, 2.45) is 0 Å². The molecular formula is C21H24ClN3O2. The van der Waals surface area contributed by atoms with Crippen LogP contribution in [0.4, 0.5) is 0 Å². The van der Waals surface area contributed by atoms with Crippen molar-refractivity contribution in [2.45, 2.75) is 44.8 Å². The van der Waals surface area contributed by atoms with E-state index in [9.17, 15) is 0 Å². The van der Waals surface area contributed by atoms with Gasteiger partial charge >= 0.3 is 0 Å². The lowest BCUT2D eigenvalue weighted by molar-refractivity contribution is 0.0907. The lowest BCUT2D eigenvalue weighted by Crippen LogP contribution is -2.23. The number of benzene rings is 1. The van der Waals surface area contributed by atoms with Gasteiger partial charge in [-0.2, -0.15) is 0 Å². The fourth-order valence-corrected chi connectivity index (χ4v) is 4.44. The number of aryl methyl sites for hydroxylation is 3. The quantitative estimate of drug-likeness (QED) is 0.684. The Morgan fingerprint density at radius 1 is 1.07 bits per heavy atom. The SMILES string of the molecule is COc1ccc(-c2c3c(nc4nc5n(c24)CCC5)CCC(OC)C3)cc1.Cl. The van der Waals surface area contributed by atoms with Crippen molar-refractivity contribution in [1.29, 1.82) is 0 Å². The second-order valence-corrected chi connectivity index (χ2v) is 7.20. The third-order valence-corrected chi connectivity index (χ3v) is 5.79. The summed E-state index contributed by atoms with van der Waals surface area (Å²) in [5, 5.41) is 0. The van der Waals surface area contributed by atoms with Crippen molar-refractivity contribution in [3.8, 4) is 16.9 Å². The van der Waals surface area contributed by atoms with E-state index in [2.05, 4.69) is 16.7 Å². The van der Waals surface area contributed by atoms with Gasteiger partial charge in [-0.3, -0.25) is 0 Å². The van der Waals surface area contributed by atoms with Crippen LogP contribution in [-0.2, 0) is 30.5 Å². The smallest absolute Gasteiger partial charge is 0.178 e. The van der Waals surface area contributed by atoms with E-state index >= 15 is 0 Å². The van der Waals surface area contributed by atoms with Crippen molar-refractivity contribution in [3.63, 3.8) is 0 Å². The van der Waals surface area contributed by atoms with Crippen molar-refractivity contribution in [3.05, 3.63) is 41.3 Å². The minimum Gasteiger partial charge on any atom is -0.497 e. The Bertz CT molecular complexity index is 981. The number of hydrogen-bond donors (Lipinski definition) is 0. The van der Waals surface area contributed by atoms with Crippen LogP contribution in [0.15, 0.2) is 24.3 Å². The summed E-state index contributed by atoms with van der Waals surface area (Å²) in [7, 11) is 3.51. The Hall–Kier alpha value is -2.11. The van der Waals surface area contributed by atoms with Crippen LogP contribution in [0, 0.1) is 0 Å². The lowest BCUT2D eigenvalue weighted by atomic mass is 9.87. The fraction of sp³-hybridized carbons (Fsp3) is 0.429. The van der Waals surface area contributed by atoms with Gasteiger partial charge in [0, 0.05) is 37.8 Å². The first-order valence-corrected chi connectivity index (χ1v) is 9.36. The van der Waals surface area contributed by atoms with Crippen LogP contribution in [-0.4, -0.2) is 34.9 Å². The Morgan fingerprint density at radius 2 is 1.89 bits per heavy atom. The molecule has 5 nitrogen and oxygen atoms in total. The Balaban J connectivity index is 0.00000180. The van der Waals surface area contributed by atoms with Crippen LogP contribution in [0.5, 0.6) is 5.75 Å². The van der Waals surface area contributed by atoms with Crippen molar-refractivity contribution in [2.75, 3.05) is 14.2 Å². The number of methoxy groups -OCH3 is 2. The molecular weight excluding hydrogens is 362 g/mol. The lowest BCUT2D eigenvalue weighted by Gasteiger charge is -2.26. The number of rotatable bonds is 3. The molecule has 0 saturated heterocycles. The maximum atomic E-state index is 5.69. The maximum Gasteiger partial charge on any atom is 0.178 e. The topological polar surface area (TPSA) is 49.2 Å². The normalized spacial score (nSPS) is 18.1. The van der Waals surface area contributed by atoms with Crippen molar-refractivity contribution in [1.82, 2.24) is 14.5 Å². The standard InChI is InChI=1S/C21H23N3O2.ClH/c1-25-14-7-5-13(6-8-14)19-16-12-15(26-2)9-10-17(16)22-21-20(19)24-11-3-4-18(24)23-21;/h5-8,15H,3-4,9-12H2,1-2H3;1H. The van der Waals surface area contributed by atoms with Gasteiger partial charge in [0.1, 0.15) is 11.6 Å². The van der Waals surface area contributed by atoms with E-state index in [0.717, 1.165) is 50.0 Å². The summed E-state index contributed by atoms with van der Waals surface area (Å²) in [5.41, 5.74) is 7.11. The third kappa shape index (κ3) is 2.89. The van der Waals surface area contributed by atoms with Gasteiger partial charge in [0.25, 0.3) is 0 Å². The van der Waals surface area contributed by atoms with Gasteiger partial charge in [0.15, 0.2) is 5.65 Å². The molecule has 0 N–H and O–H groups in total. The number of ether oxygens (including phenoxy) is 2. The van der Waals surface area contributed by atoms with Crippen LogP contribution in [0.3, 0.4) is 0 Å². The first-order valence-electron chi connectivity index (χ1n) is 9.36. The second kappa shape index (κ2) is 7.13. The van der Waals surface area contributed by atoms with Crippen LogP contribution < -0.4 is 4.74 Å². The molecule has 3 heterocycles. The number of imidazole rings is 1. The summed E-state index contributed by atoms with van der Waals surface area (Å²) in [4.78, 5) is 9.81. The number of pyridine rings is 1. The average molecular weight is 386 g/mol. The van der Waals surface area contributed by atoms with Crippen molar-refractivity contribution < 1.29 is 9.47 Å². The highest BCUT2D eigenvalue weighted by atomic mass is 35.5. The molecule has 27 heavy (non-hydrogen) atoms. The van der Waals surface area contributed by atoms with E-state index in [1.54, 1.807) is 7.11 Å². The minimum atomic E-state index is 0. The number of nitrogens with zero attached hydrogens (tertiary/aromatic N) is 3. The molecule has 142 valence electrons. The zero-order valence-electron chi connectivity index (χ0n) is 15.7. The molecule has 2 aromatic heterocycles. The average Bonchev–Trinajstić information content (AvgIpc) is 3.27. The second-order valence-electron chi connectivity index (χ2n) is 7.20. The van der Waals surface area contributed by atoms with E-state index in [0.29, 0.717) is 0 Å². The van der Waals surface area contributed by atoms with Crippen LogP contribution in [0.1, 0.15) is 29.9 Å². The van der Waals surface area contributed by atoms with E-state index in [-0.39, 0.29) is 18.5 Å². The summed E-state index contributed by atoms with van der Waals surface area (Å²) in [6, 6.07) is 8.37. The molecule has 3 aromatic rings. The molecule has 0 bridgehead atoms. The number of halogens is 1. The molecule has 5 rings (SSSR count). The maximum absolute atomic E-state index is 5.69. The first-order chi connectivity index (χ1) is 12.8. The van der Waals surface area contributed by atoms with E-state index < -0.39 is 0 Å². The van der Waals surface area contributed by atoms with Gasteiger partial charge in [0.2, 0.25) is 0 Å². The zero-order chi connectivity index (χ0) is 17.7. The molecule has 0 saturated carbocycles. The summed E-state index contributed by atoms with van der Waals surface area (Å²) in [5.74, 6) is 2.05. The van der Waals surface area contributed by atoms with E-state index in [1.165, 1.54) is 33.7 Å².